The minimum Gasteiger partial charge on any atom is -0.497 e. The third-order valence-electron chi connectivity index (χ3n) is 5.69. The van der Waals surface area contributed by atoms with Gasteiger partial charge in [-0.2, -0.15) is 8.42 Å². The van der Waals surface area contributed by atoms with Crippen molar-refractivity contribution in [3.8, 4) is 11.5 Å². The maximum atomic E-state index is 13.3. The Bertz CT molecular complexity index is 1110. The van der Waals surface area contributed by atoms with Crippen LogP contribution in [0.15, 0.2) is 36.4 Å². The first-order valence-corrected chi connectivity index (χ1v) is 12.5. The fourth-order valence-electron chi connectivity index (χ4n) is 3.99. The summed E-state index contributed by atoms with van der Waals surface area (Å²) < 4.78 is 38.6. The Hall–Kier alpha value is -2.00. The average Bonchev–Trinajstić information content (AvgIpc) is 3.19. The molecular formula is C22H25Cl2NO6S. The lowest BCUT2D eigenvalue weighted by atomic mass is 9.77. The summed E-state index contributed by atoms with van der Waals surface area (Å²) in [5, 5.41) is 0.820. The lowest BCUT2D eigenvalue weighted by Crippen LogP contribution is -2.35. The van der Waals surface area contributed by atoms with Crippen molar-refractivity contribution in [3.05, 3.63) is 57.6 Å². The fraction of sp³-hybridized carbons (Fsp3) is 0.409. The molecule has 1 saturated heterocycles. The van der Waals surface area contributed by atoms with Crippen LogP contribution in [0, 0.1) is 0 Å². The second kappa shape index (κ2) is 9.87. The Morgan fingerprint density at radius 3 is 2.47 bits per heavy atom. The van der Waals surface area contributed by atoms with Crippen molar-refractivity contribution in [2.24, 2.45) is 0 Å². The molecule has 1 atom stereocenters. The van der Waals surface area contributed by atoms with Gasteiger partial charge in [-0.15, -0.1) is 0 Å². The summed E-state index contributed by atoms with van der Waals surface area (Å²) >= 11 is 12.3. The van der Waals surface area contributed by atoms with Gasteiger partial charge in [-0.3, -0.25) is 8.98 Å². The van der Waals surface area contributed by atoms with Crippen molar-refractivity contribution >= 4 is 39.2 Å². The molecule has 3 rings (SSSR count). The topological polar surface area (TPSA) is 82.1 Å². The predicted octanol–water partition coefficient (Wildman–Crippen LogP) is 4.16. The highest BCUT2D eigenvalue weighted by Gasteiger charge is 2.42. The van der Waals surface area contributed by atoms with Crippen LogP contribution < -0.4 is 9.47 Å². The van der Waals surface area contributed by atoms with Gasteiger partial charge in [0.15, 0.2) is 0 Å². The van der Waals surface area contributed by atoms with Gasteiger partial charge in [-0.05, 0) is 42.7 Å². The number of ether oxygens (including phenoxy) is 2. The van der Waals surface area contributed by atoms with Gasteiger partial charge < -0.3 is 14.4 Å². The molecule has 1 aliphatic heterocycles. The van der Waals surface area contributed by atoms with Gasteiger partial charge in [0, 0.05) is 24.6 Å². The lowest BCUT2D eigenvalue weighted by molar-refractivity contribution is 0.0777. The molecule has 0 aromatic heterocycles. The zero-order chi connectivity index (χ0) is 23.5. The van der Waals surface area contributed by atoms with Crippen LogP contribution in [0.1, 0.15) is 28.8 Å². The van der Waals surface area contributed by atoms with E-state index in [1.807, 2.05) is 6.07 Å². The van der Waals surface area contributed by atoms with E-state index >= 15 is 0 Å². The number of nitrogens with zero attached hydrogens (tertiary/aromatic N) is 1. The van der Waals surface area contributed by atoms with Gasteiger partial charge in [0.25, 0.3) is 16.0 Å². The highest BCUT2D eigenvalue weighted by Crippen LogP contribution is 2.41. The van der Waals surface area contributed by atoms with E-state index in [0.29, 0.717) is 53.0 Å². The SMILES string of the molecule is COc1ccc(C(=O)N2CC[C@](CCOS(C)(=O)=O)(c3ccc(Cl)c(Cl)c3)C2)c(OC)c1. The van der Waals surface area contributed by atoms with Crippen LogP contribution in [0.2, 0.25) is 10.0 Å². The number of hydrogen-bond acceptors (Lipinski definition) is 6. The van der Waals surface area contributed by atoms with Crippen LogP contribution >= 0.6 is 23.2 Å². The van der Waals surface area contributed by atoms with E-state index in [1.54, 1.807) is 42.3 Å². The predicted molar refractivity (Wildman–Crippen MR) is 124 cm³/mol. The van der Waals surface area contributed by atoms with Gasteiger partial charge in [0.1, 0.15) is 11.5 Å². The van der Waals surface area contributed by atoms with Crippen LogP contribution in [-0.4, -0.2) is 59.4 Å². The molecule has 7 nitrogen and oxygen atoms in total. The maximum Gasteiger partial charge on any atom is 0.264 e. The molecule has 0 spiro atoms. The van der Waals surface area contributed by atoms with Gasteiger partial charge in [-0.25, -0.2) is 0 Å². The number of benzene rings is 2. The number of amides is 1. The molecule has 2 aromatic rings. The van der Waals surface area contributed by atoms with Gasteiger partial charge in [0.05, 0.1) is 42.7 Å². The van der Waals surface area contributed by atoms with E-state index in [2.05, 4.69) is 0 Å². The normalized spacial score (nSPS) is 18.6. The molecule has 174 valence electrons. The van der Waals surface area contributed by atoms with Crippen molar-refractivity contribution < 1.29 is 26.9 Å². The monoisotopic (exact) mass is 501 g/mol. The molecule has 2 aromatic carbocycles. The van der Waals surface area contributed by atoms with E-state index in [-0.39, 0.29) is 12.5 Å². The van der Waals surface area contributed by atoms with Crippen molar-refractivity contribution in [3.63, 3.8) is 0 Å². The Labute approximate surface area is 198 Å². The summed E-state index contributed by atoms with van der Waals surface area (Å²) in [6.07, 6.45) is 2.02. The minimum absolute atomic E-state index is 0.00698. The number of halogens is 2. The number of hydrogen-bond donors (Lipinski definition) is 0. The molecule has 32 heavy (non-hydrogen) atoms. The molecule has 0 saturated carbocycles. The van der Waals surface area contributed by atoms with E-state index in [9.17, 15) is 13.2 Å². The molecule has 0 unspecified atom stereocenters. The second-order valence-corrected chi connectivity index (χ2v) is 10.2. The highest BCUT2D eigenvalue weighted by atomic mass is 35.5. The molecule has 0 aliphatic carbocycles. The third-order valence-corrected chi connectivity index (χ3v) is 7.02. The Kier molecular flexibility index (Phi) is 7.60. The molecule has 1 aliphatic rings. The molecule has 0 N–H and O–H groups in total. The third kappa shape index (κ3) is 5.49. The fourth-order valence-corrected chi connectivity index (χ4v) is 4.67. The quantitative estimate of drug-likeness (QED) is 0.505. The van der Waals surface area contributed by atoms with Crippen molar-refractivity contribution in [2.45, 2.75) is 18.3 Å². The van der Waals surface area contributed by atoms with E-state index < -0.39 is 15.5 Å². The van der Waals surface area contributed by atoms with Crippen LogP contribution in [0.3, 0.4) is 0 Å². The number of carbonyl (C=O) groups excluding carboxylic acids is 1. The van der Waals surface area contributed by atoms with Gasteiger partial charge in [0.2, 0.25) is 0 Å². The Morgan fingerprint density at radius 1 is 1.09 bits per heavy atom. The molecule has 1 heterocycles. The van der Waals surface area contributed by atoms with Gasteiger partial charge in [-0.1, -0.05) is 29.3 Å². The molecule has 1 fully saturated rings. The van der Waals surface area contributed by atoms with Crippen LogP contribution in [0.5, 0.6) is 11.5 Å². The van der Waals surface area contributed by atoms with Crippen LogP contribution in [0.4, 0.5) is 0 Å². The molecule has 0 radical (unpaired) electrons. The summed E-state index contributed by atoms with van der Waals surface area (Å²) in [6, 6.07) is 10.4. The first-order valence-electron chi connectivity index (χ1n) is 9.90. The Balaban J connectivity index is 1.90. The van der Waals surface area contributed by atoms with Crippen molar-refractivity contribution in [1.29, 1.82) is 0 Å². The molecule has 1 amide bonds. The number of rotatable bonds is 8. The number of carbonyl (C=O) groups is 1. The van der Waals surface area contributed by atoms with Crippen molar-refractivity contribution in [2.75, 3.05) is 40.2 Å². The Morgan fingerprint density at radius 2 is 1.84 bits per heavy atom. The standard InChI is InChI=1S/C22H25Cl2NO6S/c1-29-16-5-6-17(20(13-16)30-2)21(26)25-10-8-22(14-25,9-11-31-32(3,27)28)15-4-7-18(23)19(24)12-15/h4-7,12-13H,8-11,14H2,1-3H3/t22-/m1/s1. The first kappa shape index (κ1) is 24.6. The summed E-state index contributed by atoms with van der Waals surface area (Å²) in [6.45, 7) is 0.839. The molecule has 0 bridgehead atoms. The summed E-state index contributed by atoms with van der Waals surface area (Å²) in [5.41, 5.74) is 0.764. The van der Waals surface area contributed by atoms with Crippen molar-refractivity contribution in [1.82, 2.24) is 4.90 Å². The first-order chi connectivity index (χ1) is 15.1. The summed E-state index contributed by atoms with van der Waals surface area (Å²) in [7, 11) is -0.544. The number of methoxy groups -OCH3 is 2. The lowest BCUT2D eigenvalue weighted by Gasteiger charge is -2.30. The van der Waals surface area contributed by atoms with E-state index in [0.717, 1.165) is 11.8 Å². The van der Waals surface area contributed by atoms with Crippen LogP contribution in [-0.2, 0) is 19.7 Å². The zero-order valence-corrected chi connectivity index (χ0v) is 20.4. The number of likely N-dealkylation sites (tertiary alicyclic amines) is 1. The second-order valence-electron chi connectivity index (χ2n) is 7.73. The van der Waals surface area contributed by atoms with Crippen LogP contribution in [0.25, 0.3) is 0 Å². The largest absolute Gasteiger partial charge is 0.497 e. The summed E-state index contributed by atoms with van der Waals surface area (Å²) in [4.78, 5) is 15.1. The average molecular weight is 502 g/mol. The van der Waals surface area contributed by atoms with E-state index in [1.165, 1.54) is 7.11 Å². The molecular weight excluding hydrogens is 477 g/mol. The molecule has 10 heteroatoms. The highest BCUT2D eigenvalue weighted by molar-refractivity contribution is 7.85. The smallest absolute Gasteiger partial charge is 0.264 e. The van der Waals surface area contributed by atoms with E-state index in [4.69, 9.17) is 36.9 Å². The minimum atomic E-state index is -3.58. The van der Waals surface area contributed by atoms with Gasteiger partial charge >= 0.3 is 0 Å². The zero-order valence-electron chi connectivity index (χ0n) is 18.1. The summed E-state index contributed by atoms with van der Waals surface area (Å²) in [5.74, 6) is 0.820. The maximum absolute atomic E-state index is 13.3.